The van der Waals surface area contributed by atoms with Crippen molar-refractivity contribution in [1.29, 1.82) is 0 Å². The Morgan fingerprint density at radius 2 is 1.95 bits per heavy atom. The third kappa shape index (κ3) is 2.46. The summed E-state index contributed by atoms with van der Waals surface area (Å²) in [7, 11) is 0. The first-order valence-electron chi connectivity index (χ1n) is 6.36. The molecular weight excluding hydrogens is 302 g/mol. The lowest BCUT2D eigenvalue weighted by molar-refractivity contribution is 0.617. The van der Waals surface area contributed by atoms with Gasteiger partial charge in [0.05, 0.1) is 6.26 Å². The van der Waals surface area contributed by atoms with E-state index in [2.05, 4.69) is 40.0 Å². The molecule has 0 saturated heterocycles. The second-order valence-electron chi connectivity index (χ2n) is 4.61. The first-order valence-corrected chi connectivity index (χ1v) is 7.30. The zero-order chi connectivity index (χ0) is 13.4. The SMILES string of the molecule is Cl.c1cncc(-c2coc3cc(-c4ccsc4)ccc23)c1. The quantitative estimate of drug-likeness (QED) is 0.478. The van der Waals surface area contributed by atoms with Crippen LogP contribution < -0.4 is 0 Å². The maximum Gasteiger partial charge on any atom is 0.135 e. The standard InChI is InChI=1S/C17H11NOS.ClH/c1-2-13(9-18-6-1)16-10-19-17-8-12(3-4-15(16)17)14-5-7-20-11-14;/h1-11H;1H. The van der Waals surface area contributed by atoms with Gasteiger partial charge in [-0.15, -0.1) is 12.4 Å². The molecular formula is C17H12ClNOS. The van der Waals surface area contributed by atoms with Crippen LogP contribution in [0, 0.1) is 0 Å². The summed E-state index contributed by atoms with van der Waals surface area (Å²) in [6, 6.07) is 12.5. The minimum absolute atomic E-state index is 0. The van der Waals surface area contributed by atoms with E-state index in [1.807, 2.05) is 18.3 Å². The van der Waals surface area contributed by atoms with Gasteiger partial charge in [0.15, 0.2) is 0 Å². The minimum atomic E-state index is 0. The van der Waals surface area contributed by atoms with Gasteiger partial charge in [-0.2, -0.15) is 11.3 Å². The van der Waals surface area contributed by atoms with E-state index in [-0.39, 0.29) is 12.4 Å². The van der Waals surface area contributed by atoms with Crippen molar-refractivity contribution < 1.29 is 4.42 Å². The van der Waals surface area contributed by atoms with E-state index in [0.29, 0.717) is 0 Å². The number of pyridine rings is 1. The average molecular weight is 314 g/mol. The Morgan fingerprint density at radius 1 is 1.00 bits per heavy atom. The first-order chi connectivity index (χ1) is 9.92. The zero-order valence-electron chi connectivity index (χ0n) is 11.0. The van der Waals surface area contributed by atoms with Crippen LogP contribution in [0.4, 0.5) is 0 Å². The Hall–Kier alpha value is -2.10. The summed E-state index contributed by atoms with van der Waals surface area (Å²) in [6.45, 7) is 0. The van der Waals surface area contributed by atoms with E-state index >= 15 is 0 Å². The molecule has 4 rings (SSSR count). The molecule has 0 aliphatic carbocycles. The van der Waals surface area contributed by atoms with Crippen LogP contribution in [0.25, 0.3) is 33.2 Å². The van der Waals surface area contributed by atoms with Gasteiger partial charge in [-0.1, -0.05) is 12.1 Å². The molecule has 4 aromatic rings. The Bertz CT molecular complexity index is 853. The van der Waals surface area contributed by atoms with Crippen molar-refractivity contribution in [3.63, 3.8) is 0 Å². The van der Waals surface area contributed by atoms with Crippen molar-refractivity contribution in [3.05, 3.63) is 65.8 Å². The number of benzene rings is 1. The van der Waals surface area contributed by atoms with Gasteiger partial charge in [0, 0.05) is 28.9 Å². The Kier molecular flexibility index (Phi) is 3.78. The molecule has 1 aromatic carbocycles. The number of furan rings is 1. The summed E-state index contributed by atoms with van der Waals surface area (Å²) in [5, 5.41) is 5.35. The van der Waals surface area contributed by atoms with Crippen LogP contribution in [0.1, 0.15) is 0 Å². The Labute approximate surface area is 132 Å². The number of hydrogen-bond donors (Lipinski definition) is 0. The van der Waals surface area contributed by atoms with Gasteiger partial charge in [0.1, 0.15) is 5.58 Å². The Balaban J connectivity index is 0.00000132. The zero-order valence-corrected chi connectivity index (χ0v) is 12.7. The second kappa shape index (κ2) is 5.72. The molecule has 0 saturated carbocycles. The van der Waals surface area contributed by atoms with E-state index in [1.54, 1.807) is 23.8 Å². The third-order valence-electron chi connectivity index (χ3n) is 3.40. The van der Waals surface area contributed by atoms with Crippen LogP contribution in [0.15, 0.2) is 70.2 Å². The highest BCUT2D eigenvalue weighted by atomic mass is 35.5. The maximum absolute atomic E-state index is 5.72. The smallest absolute Gasteiger partial charge is 0.135 e. The Morgan fingerprint density at radius 3 is 2.71 bits per heavy atom. The van der Waals surface area contributed by atoms with Gasteiger partial charge >= 0.3 is 0 Å². The maximum atomic E-state index is 5.72. The van der Waals surface area contributed by atoms with Crippen molar-refractivity contribution in [3.8, 4) is 22.3 Å². The minimum Gasteiger partial charge on any atom is -0.464 e. The van der Waals surface area contributed by atoms with E-state index in [0.717, 1.165) is 22.1 Å². The second-order valence-corrected chi connectivity index (χ2v) is 5.39. The summed E-state index contributed by atoms with van der Waals surface area (Å²) in [5.41, 5.74) is 5.49. The normalized spacial score (nSPS) is 10.5. The van der Waals surface area contributed by atoms with Gasteiger partial charge < -0.3 is 4.42 Å². The van der Waals surface area contributed by atoms with E-state index < -0.39 is 0 Å². The van der Waals surface area contributed by atoms with Gasteiger partial charge in [-0.05, 0) is 46.2 Å². The molecule has 0 N–H and O–H groups in total. The topological polar surface area (TPSA) is 26.0 Å². The fourth-order valence-electron chi connectivity index (χ4n) is 2.38. The number of fused-ring (bicyclic) bond motifs is 1. The molecule has 0 bridgehead atoms. The fourth-order valence-corrected chi connectivity index (χ4v) is 3.05. The average Bonchev–Trinajstić information content (AvgIpc) is 3.17. The summed E-state index contributed by atoms with van der Waals surface area (Å²) >= 11 is 1.70. The lowest BCUT2D eigenvalue weighted by atomic mass is 10.0. The van der Waals surface area contributed by atoms with E-state index in [4.69, 9.17) is 4.42 Å². The van der Waals surface area contributed by atoms with Crippen LogP contribution in [0.5, 0.6) is 0 Å². The van der Waals surface area contributed by atoms with Crippen molar-refractivity contribution in [2.45, 2.75) is 0 Å². The number of hydrogen-bond acceptors (Lipinski definition) is 3. The summed E-state index contributed by atoms with van der Waals surface area (Å²) < 4.78 is 5.72. The molecule has 0 spiro atoms. The first kappa shape index (κ1) is 13.9. The predicted octanol–water partition coefficient (Wildman–Crippen LogP) is 5.65. The number of nitrogens with zero attached hydrogens (tertiary/aromatic N) is 1. The molecule has 3 heterocycles. The fraction of sp³-hybridized carbons (Fsp3) is 0. The van der Waals surface area contributed by atoms with Crippen LogP contribution >= 0.6 is 23.7 Å². The van der Waals surface area contributed by atoms with Crippen LogP contribution in [-0.4, -0.2) is 4.98 Å². The molecule has 3 aromatic heterocycles. The highest BCUT2D eigenvalue weighted by molar-refractivity contribution is 7.08. The predicted molar refractivity (Wildman–Crippen MR) is 90.0 cm³/mol. The molecule has 0 radical (unpaired) electrons. The highest BCUT2D eigenvalue weighted by Crippen LogP contribution is 2.33. The molecule has 104 valence electrons. The molecule has 2 nitrogen and oxygen atoms in total. The third-order valence-corrected chi connectivity index (χ3v) is 4.09. The molecule has 0 unspecified atom stereocenters. The molecule has 4 heteroatoms. The molecule has 0 amide bonds. The van der Waals surface area contributed by atoms with Crippen molar-refractivity contribution in [1.82, 2.24) is 4.98 Å². The van der Waals surface area contributed by atoms with E-state index in [1.165, 1.54) is 11.1 Å². The van der Waals surface area contributed by atoms with E-state index in [9.17, 15) is 0 Å². The largest absolute Gasteiger partial charge is 0.464 e. The summed E-state index contributed by atoms with van der Waals surface area (Å²) in [5.74, 6) is 0. The summed E-state index contributed by atoms with van der Waals surface area (Å²) in [6.07, 6.45) is 5.44. The molecule has 0 atom stereocenters. The van der Waals surface area contributed by atoms with Crippen molar-refractivity contribution in [2.24, 2.45) is 0 Å². The number of thiophene rings is 1. The van der Waals surface area contributed by atoms with Crippen molar-refractivity contribution >= 4 is 34.7 Å². The number of rotatable bonds is 2. The number of halogens is 1. The van der Waals surface area contributed by atoms with Gasteiger partial charge in [-0.25, -0.2) is 0 Å². The van der Waals surface area contributed by atoms with Gasteiger partial charge in [0.2, 0.25) is 0 Å². The molecule has 0 aliphatic rings. The van der Waals surface area contributed by atoms with Crippen LogP contribution in [0.2, 0.25) is 0 Å². The monoisotopic (exact) mass is 313 g/mol. The highest BCUT2D eigenvalue weighted by Gasteiger charge is 2.09. The van der Waals surface area contributed by atoms with Crippen LogP contribution in [-0.2, 0) is 0 Å². The van der Waals surface area contributed by atoms with Gasteiger partial charge in [-0.3, -0.25) is 4.98 Å². The summed E-state index contributed by atoms with van der Waals surface area (Å²) in [4.78, 5) is 4.17. The van der Waals surface area contributed by atoms with Crippen molar-refractivity contribution in [2.75, 3.05) is 0 Å². The lowest BCUT2D eigenvalue weighted by Crippen LogP contribution is -1.78. The molecule has 0 fully saturated rings. The van der Waals surface area contributed by atoms with Crippen LogP contribution in [0.3, 0.4) is 0 Å². The molecule has 21 heavy (non-hydrogen) atoms. The molecule has 0 aliphatic heterocycles. The van der Waals surface area contributed by atoms with Gasteiger partial charge in [0.25, 0.3) is 0 Å². The lowest BCUT2D eigenvalue weighted by Gasteiger charge is -1.99. The number of aromatic nitrogens is 1.